The van der Waals surface area contributed by atoms with Gasteiger partial charge in [0, 0.05) is 24.4 Å². The lowest BCUT2D eigenvalue weighted by molar-refractivity contribution is -0.384. The Morgan fingerprint density at radius 2 is 2.22 bits per heavy atom. The SMILES string of the molecule is O=[N+]([O-])c1ccc(N[C@@H](CO)[C@@H]2CCCO2)cc1. The molecule has 98 valence electrons. The van der Waals surface area contributed by atoms with Gasteiger partial charge in [-0.3, -0.25) is 10.1 Å². The van der Waals surface area contributed by atoms with Crippen molar-refractivity contribution in [3.05, 3.63) is 34.4 Å². The molecule has 6 heteroatoms. The van der Waals surface area contributed by atoms with E-state index >= 15 is 0 Å². The van der Waals surface area contributed by atoms with E-state index in [1.807, 2.05) is 0 Å². The van der Waals surface area contributed by atoms with Crippen LogP contribution in [0, 0.1) is 10.1 Å². The number of nitrogens with zero attached hydrogens (tertiary/aromatic N) is 1. The number of hydrogen-bond donors (Lipinski definition) is 2. The molecule has 2 atom stereocenters. The van der Waals surface area contributed by atoms with Gasteiger partial charge in [-0.1, -0.05) is 0 Å². The number of non-ortho nitro benzene ring substituents is 1. The highest BCUT2D eigenvalue weighted by atomic mass is 16.6. The Hall–Kier alpha value is -1.66. The van der Waals surface area contributed by atoms with Gasteiger partial charge in [0.05, 0.1) is 23.7 Å². The monoisotopic (exact) mass is 252 g/mol. The Balaban J connectivity index is 2.00. The van der Waals surface area contributed by atoms with Gasteiger partial charge in [0.1, 0.15) is 0 Å². The number of nitro benzene ring substituents is 1. The molecule has 0 radical (unpaired) electrons. The van der Waals surface area contributed by atoms with E-state index in [1.165, 1.54) is 12.1 Å². The molecule has 1 heterocycles. The number of anilines is 1. The van der Waals surface area contributed by atoms with Gasteiger partial charge >= 0.3 is 0 Å². The lowest BCUT2D eigenvalue weighted by atomic mass is 10.1. The molecule has 2 N–H and O–H groups in total. The predicted octanol–water partition coefficient (Wildman–Crippen LogP) is 1.55. The fourth-order valence-corrected chi connectivity index (χ4v) is 2.07. The minimum Gasteiger partial charge on any atom is -0.394 e. The van der Waals surface area contributed by atoms with Crippen molar-refractivity contribution in [2.75, 3.05) is 18.5 Å². The topological polar surface area (TPSA) is 84.6 Å². The molecule has 18 heavy (non-hydrogen) atoms. The van der Waals surface area contributed by atoms with Crippen molar-refractivity contribution >= 4 is 11.4 Å². The standard InChI is InChI=1S/C12H16N2O4/c15-8-11(12-2-1-7-18-12)13-9-3-5-10(6-4-9)14(16)17/h3-6,11-13,15H,1-2,7-8H2/t11-,12-/m0/s1. The van der Waals surface area contributed by atoms with Crippen molar-refractivity contribution in [3.63, 3.8) is 0 Å². The van der Waals surface area contributed by atoms with Crippen LogP contribution in [0.3, 0.4) is 0 Å². The second-order valence-corrected chi connectivity index (χ2v) is 4.29. The van der Waals surface area contributed by atoms with Crippen LogP contribution in [0.5, 0.6) is 0 Å². The number of benzene rings is 1. The van der Waals surface area contributed by atoms with E-state index < -0.39 is 4.92 Å². The van der Waals surface area contributed by atoms with Crippen molar-refractivity contribution in [2.45, 2.75) is 25.0 Å². The Morgan fingerprint density at radius 1 is 1.50 bits per heavy atom. The first kappa shape index (κ1) is 12.8. The number of nitro groups is 1. The van der Waals surface area contributed by atoms with E-state index in [0.717, 1.165) is 25.1 Å². The molecule has 1 aliphatic rings. The van der Waals surface area contributed by atoms with Gasteiger partial charge in [0.15, 0.2) is 0 Å². The van der Waals surface area contributed by atoms with Crippen LogP contribution in [0.1, 0.15) is 12.8 Å². The molecule has 0 bridgehead atoms. The third-order valence-corrected chi connectivity index (χ3v) is 3.04. The van der Waals surface area contributed by atoms with Crippen molar-refractivity contribution in [1.82, 2.24) is 0 Å². The maximum absolute atomic E-state index is 10.5. The summed E-state index contributed by atoms with van der Waals surface area (Å²) >= 11 is 0. The summed E-state index contributed by atoms with van der Waals surface area (Å²) in [5.74, 6) is 0. The fraction of sp³-hybridized carbons (Fsp3) is 0.500. The van der Waals surface area contributed by atoms with Crippen LogP contribution in [0.25, 0.3) is 0 Å². The van der Waals surface area contributed by atoms with Gasteiger partial charge < -0.3 is 15.2 Å². The fourth-order valence-electron chi connectivity index (χ4n) is 2.07. The molecule has 6 nitrogen and oxygen atoms in total. The van der Waals surface area contributed by atoms with Gasteiger partial charge in [-0.25, -0.2) is 0 Å². The second-order valence-electron chi connectivity index (χ2n) is 4.29. The highest BCUT2D eigenvalue weighted by Crippen LogP contribution is 2.21. The largest absolute Gasteiger partial charge is 0.394 e. The summed E-state index contributed by atoms with van der Waals surface area (Å²) < 4.78 is 5.51. The van der Waals surface area contributed by atoms with Crippen LogP contribution in [0.15, 0.2) is 24.3 Å². The van der Waals surface area contributed by atoms with Crippen LogP contribution in [0.4, 0.5) is 11.4 Å². The Kier molecular flexibility index (Phi) is 4.11. The molecule has 1 fully saturated rings. The summed E-state index contributed by atoms with van der Waals surface area (Å²) in [6, 6.07) is 5.97. The Morgan fingerprint density at radius 3 is 2.72 bits per heavy atom. The summed E-state index contributed by atoms with van der Waals surface area (Å²) in [6.07, 6.45) is 1.93. The van der Waals surface area contributed by atoms with Gasteiger partial charge in [-0.2, -0.15) is 0 Å². The molecule has 1 aromatic rings. The summed E-state index contributed by atoms with van der Waals surface area (Å²) in [5.41, 5.74) is 0.799. The van der Waals surface area contributed by atoms with Crippen LogP contribution >= 0.6 is 0 Å². The molecule has 0 aromatic heterocycles. The van der Waals surface area contributed by atoms with Crippen molar-refractivity contribution in [1.29, 1.82) is 0 Å². The first-order chi connectivity index (χ1) is 8.70. The summed E-state index contributed by atoms with van der Waals surface area (Å²) in [7, 11) is 0. The quantitative estimate of drug-likeness (QED) is 0.613. The van der Waals surface area contributed by atoms with E-state index in [-0.39, 0.29) is 24.4 Å². The van der Waals surface area contributed by atoms with Crippen LogP contribution in [-0.2, 0) is 4.74 Å². The molecule has 0 aliphatic carbocycles. The molecule has 0 amide bonds. The van der Waals surface area contributed by atoms with Crippen LogP contribution < -0.4 is 5.32 Å². The van der Waals surface area contributed by atoms with Crippen molar-refractivity contribution in [2.24, 2.45) is 0 Å². The van der Waals surface area contributed by atoms with E-state index in [2.05, 4.69) is 5.32 Å². The average Bonchev–Trinajstić information content (AvgIpc) is 2.90. The van der Waals surface area contributed by atoms with E-state index in [9.17, 15) is 15.2 Å². The zero-order valence-electron chi connectivity index (χ0n) is 9.91. The van der Waals surface area contributed by atoms with E-state index in [4.69, 9.17) is 4.74 Å². The zero-order chi connectivity index (χ0) is 13.0. The number of nitrogens with one attached hydrogen (secondary N) is 1. The van der Waals surface area contributed by atoms with Crippen molar-refractivity contribution in [3.8, 4) is 0 Å². The number of aliphatic hydroxyl groups excluding tert-OH is 1. The highest BCUT2D eigenvalue weighted by Gasteiger charge is 2.25. The number of rotatable bonds is 5. The molecule has 0 spiro atoms. The first-order valence-electron chi connectivity index (χ1n) is 5.94. The lowest BCUT2D eigenvalue weighted by Gasteiger charge is -2.23. The molecule has 1 saturated heterocycles. The molecule has 0 saturated carbocycles. The Labute approximate surface area is 105 Å². The van der Waals surface area contributed by atoms with Gasteiger partial charge in [-0.15, -0.1) is 0 Å². The van der Waals surface area contributed by atoms with E-state index in [0.29, 0.717) is 0 Å². The minimum atomic E-state index is -0.437. The summed E-state index contributed by atoms with van der Waals surface area (Å²) in [5, 5.41) is 23.0. The van der Waals surface area contributed by atoms with Gasteiger partial charge in [0.25, 0.3) is 5.69 Å². The number of hydrogen-bond acceptors (Lipinski definition) is 5. The molecular formula is C12H16N2O4. The van der Waals surface area contributed by atoms with E-state index in [1.54, 1.807) is 12.1 Å². The number of aliphatic hydroxyl groups is 1. The third kappa shape index (κ3) is 2.96. The summed E-state index contributed by atoms with van der Waals surface area (Å²) in [4.78, 5) is 10.1. The first-order valence-corrected chi connectivity index (χ1v) is 5.94. The molecule has 0 unspecified atom stereocenters. The predicted molar refractivity (Wildman–Crippen MR) is 66.6 cm³/mol. The van der Waals surface area contributed by atoms with Crippen LogP contribution in [-0.4, -0.2) is 35.4 Å². The molecule has 2 rings (SSSR count). The van der Waals surface area contributed by atoms with Gasteiger partial charge in [0.2, 0.25) is 0 Å². The smallest absolute Gasteiger partial charge is 0.269 e. The molecule has 1 aromatic carbocycles. The lowest BCUT2D eigenvalue weighted by Crippen LogP contribution is -2.36. The third-order valence-electron chi connectivity index (χ3n) is 3.04. The number of ether oxygens (including phenoxy) is 1. The highest BCUT2D eigenvalue weighted by molar-refractivity contribution is 5.49. The van der Waals surface area contributed by atoms with Crippen molar-refractivity contribution < 1.29 is 14.8 Å². The maximum atomic E-state index is 10.5. The zero-order valence-corrected chi connectivity index (χ0v) is 9.91. The molecule has 1 aliphatic heterocycles. The van der Waals surface area contributed by atoms with Gasteiger partial charge in [-0.05, 0) is 25.0 Å². The maximum Gasteiger partial charge on any atom is 0.269 e. The molecular weight excluding hydrogens is 236 g/mol. The Bertz CT molecular complexity index is 401. The normalized spacial score (nSPS) is 20.6. The average molecular weight is 252 g/mol. The minimum absolute atomic E-state index is 0.00481. The van der Waals surface area contributed by atoms with Crippen LogP contribution in [0.2, 0.25) is 0 Å². The second kappa shape index (κ2) is 5.79. The summed E-state index contributed by atoms with van der Waals surface area (Å²) in [6.45, 7) is 0.699.